The predicted molar refractivity (Wildman–Crippen MR) is 42.4 cm³/mol. The van der Waals surface area contributed by atoms with E-state index in [2.05, 4.69) is 20.7 Å². The number of alkyl halides is 3. The van der Waals surface area contributed by atoms with Crippen LogP contribution < -0.4 is 4.74 Å². The quantitative estimate of drug-likeness (QED) is 0.797. The first-order valence-electron chi connectivity index (χ1n) is 3.23. The van der Waals surface area contributed by atoms with Crippen LogP contribution >= 0.6 is 15.9 Å². The minimum absolute atomic E-state index is 0.227. The summed E-state index contributed by atoms with van der Waals surface area (Å²) < 4.78 is 51.0. The lowest BCUT2D eigenvalue weighted by molar-refractivity contribution is -0.275. The highest BCUT2D eigenvalue weighted by Gasteiger charge is 2.32. The van der Waals surface area contributed by atoms with Gasteiger partial charge in [0, 0.05) is 12.1 Å². The molecule has 0 saturated carbocycles. The minimum Gasteiger partial charge on any atom is -0.504 e. The molecule has 0 aliphatic rings. The minimum atomic E-state index is -4.92. The van der Waals surface area contributed by atoms with Crippen LogP contribution in [0.5, 0.6) is 11.5 Å². The van der Waals surface area contributed by atoms with Crippen molar-refractivity contribution in [1.29, 1.82) is 0 Å². The van der Waals surface area contributed by atoms with Crippen LogP contribution in [0.2, 0.25) is 0 Å². The Morgan fingerprint density at radius 1 is 1.29 bits per heavy atom. The van der Waals surface area contributed by atoms with Crippen LogP contribution in [0.15, 0.2) is 16.6 Å². The molecule has 0 aliphatic carbocycles. The van der Waals surface area contributed by atoms with E-state index in [1.165, 1.54) is 0 Å². The van der Waals surface area contributed by atoms with Crippen LogP contribution in [0.1, 0.15) is 0 Å². The fourth-order valence-corrected chi connectivity index (χ4v) is 1.05. The molecule has 7 heteroatoms. The number of halogens is 5. The summed E-state index contributed by atoms with van der Waals surface area (Å²) in [5.74, 6) is -2.65. The molecule has 14 heavy (non-hydrogen) atoms. The summed E-state index contributed by atoms with van der Waals surface area (Å²) in [4.78, 5) is 0. The summed E-state index contributed by atoms with van der Waals surface area (Å²) in [6.07, 6.45) is -4.92. The van der Waals surface area contributed by atoms with Gasteiger partial charge in [-0.25, -0.2) is 4.39 Å². The van der Waals surface area contributed by atoms with E-state index in [1.54, 1.807) is 0 Å². The van der Waals surface area contributed by atoms with Crippen molar-refractivity contribution in [3.8, 4) is 11.5 Å². The molecule has 1 rings (SSSR count). The zero-order valence-electron chi connectivity index (χ0n) is 6.40. The van der Waals surface area contributed by atoms with E-state index in [9.17, 15) is 17.6 Å². The van der Waals surface area contributed by atoms with E-state index in [1.807, 2.05) is 0 Å². The van der Waals surface area contributed by atoms with E-state index in [-0.39, 0.29) is 4.47 Å². The molecule has 2 nitrogen and oxygen atoms in total. The third-order valence-electron chi connectivity index (χ3n) is 1.23. The number of hydrogen-bond acceptors (Lipinski definition) is 2. The maximum Gasteiger partial charge on any atom is 0.573 e. The summed E-state index contributed by atoms with van der Waals surface area (Å²) in [5.41, 5.74) is 0. The standard InChI is InChI=1S/C7H3BrF4O2/c8-3-1-6(14-7(10,11)12)5(13)2-4(3)9/h1-2,13H. The fraction of sp³-hybridized carbons (Fsp3) is 0.143. The zero-order valence-corrected chi connectivity index (χ0v) is 7.99. The molecule has 0 amide bonds. The molecule has 0 atom stereocenters. The van der Waals surface area contributed by atoms with Gasteiger partial charge in [-0.05, 0) is 15.9 Å². The summed E-state index contributed by atoms with van der Waals surface area (Å²) in [5, 5.41) is 8.89. The lowest BCUT2D eigenvalue weighted by Crippen LogP contribution is -2.17. The van der Waals surface area contributed by atoms with Gasteiger partial charge in [-0.2, -0.15) is 0 Å². The third kappa shape index (κ3) is 2.76. The molecule has 0 aliphatic heterocycles. The van der Waals surface area contributed by atoms with Crippen LogP contribution in [0.25, 0.3) is 0 Å². The Bertz CT molecular complexity index is 350. The molecule has 0 radical (unpaired) electrons. The Balaban J connectivity index is 3.04. The average molecular weight is 275 g/mol. The second-order valence-corrected chi connectivity index (χ2v) is 3.14. The predicted octanol–water partition coefficient (Wildman–Crippen LogP) is 3.19. The van der Waals surface area contributed by atoms with E-state index < -0.39 is 23.7 Å². The maximum atomic E-state index is 12.6. The number of hydrogen-bond donors (Lipinski definition) is 1. The molecule has 1 aromatic carbocycles. The summed E-state index contributed by atoms with van der Waals surface area (Å²) in [7, 11) is 0. The van der Waals surface area contributed by atoms with Crippen molar-refractivity contribution in [3.05, 3.63) is 22.4 Å². The van der Waals surface area contributed by atoms with Crippen LogP contribution in [0.3, 0.4) is 0 Å². The van der Waals surface area contributed by atoms with Crippen molar-refractivity contribution < 1.29 is 27.4 Å². The van der Waals surface area contributed by atoms with Crippen LogP contribution in [-0.4, -0.2) is 11.5 Å². The molecule has 0 aromatic heterocycles. The lowest BCUT2D eigenvalue weighted by Gasteiger charge is -2.10. The average Bonchev–Trinajstić information content (AvgIpc) is 1.97. The largest absolute Gasteiger partial charge is 0.573 e. The zero-order chi connectivity index (χ0) is 10.9. The van der Waals surface area contributed by atoms with Gasteiger partial charge in [0.2, 0.25) is 0 Å². The van der Waals surface area contributed by atoms with Crippen molar-refractivity contribution in [2.75, 3.05) is 0 Å². The van der Waals surface area contributed by atoms with E-state index in [4.69, 9.17) is 5.11 Å². The summed E-state index contributed by atoms with van der Waals surface area (Å²) >= 11 is 2.65. The van der Waals surface area contributed by atoms with Crippen molar-refractivity contribution >= 4 is 15.9 Å². The fourth-order valence-electron chi connectivity index (χ4n) is 0.725. The Morgan fingerprint density at radius 2 is 1.86 bits per heavy atom. The Hall–Kier alpha value is -0.980. The Kier molecular flexibility index (Phi) is 2.89. The highest BCUT2D eigenvalue weighted by atomic mass is 79.9. The SMILES string of the molecule is Oc1cc(F)c(Br)cc1OC(F)(F)F. The second kappa shape index (κ2) is 3.64. The van der Waals surface area contributed by atoms with Gasteiger partial charge in [-0.3, -0.25) is 0 Å². The topological polar surface area (TPSA) is 29.5 Å². The number of phenols is 1. The van der Waals surface area contributed by atoms with Crippen LogP contribution in [0.4, 0.5) is 17.6 Å². The van der Waals surface area contributed by atoms with Crippen molar-refractivity contribution in [1.82, 2.24) is 0 Å². The van der Waals surface area contributed by atoms with Gasteiger partial charge in [0.1, 0.15) is 5.82 Å². The normalized spacial score (nSPS) is 11.5. The van der Waals surface area contributed by atoms with Crippen molar-refractivity contribution in [2.24, 2.45) is 0 Å². The van der Waals surface area contributed by atoms with Gasteiger partial charge >= 0.3 is 6.36 Å². The maximum absolute atomic E-state index is 12.6. The molecule has 0 spiro atoms. The first-order valence-corrected chi connectivity index (χ1v) is 4.02. The molecule has 0 bridgehead atoms. The summed E-state index contributed by atoms with van der Waals surface area (Å²) in [6, 6.07) is 1.21. The van der Waals surface area contributed by atoms with Crippen molar-refractivity contribution in [3.63, 3.8) is 0 Å². The summed E-state index contributed by atoms with van der Waals surface area (Å²) in [6.45, 7) is 0. The number of rotatable bonds is 1. The molecule has 0 saturated heterocycles. The number of phenolic OH excluding ortho intramolecular Hbond substituents is 1. The Labute approximate surface area is 84.2 Å². The van der Waals surface area contributed by atoms with Crippen LogP contribution in [-0.2, 0) is 0 Å². The molecule has 78 valence electrons. The second-order valence-electron chi connectivity index (χ2n) is 2.28. The molecule has 1 N–H and O–H groups in total. The number of benzene rings is 1. The molecular formula is C7H3BrF4O2. The van der Waals surface area contributed by atoms with Gasteiger partial charge in [0.15, 0.2) is 11.5 Å². The monoisotopic (exact) mass is 274 g/mol. The molecule has 1 aromatic rings. The highest BCUT2D eigenvalue weighted by molar-refractivity contribution is 9.10. The number of aromatic hydroxyl groups is 1. The molecular weight excluding hydrogens is 272 g/mol. The Morgan fingerprint density at radius 3 is 2.36 bits per heavy atom. The van der Waals surface area contributed by atoms with Crippen molar-refractivity contribution in [2.45, 2.75) is 6.36 Å². The molecule has 0 unspecified atom stereocenters. The van der Waals surface area contributed by atoms with E-state index >= 15 is 0 Å². The smallest absolute Gasteiger partial charge is 0.504 e. The van der Waals surface area contributed by atoms with Crippen LogP contribution in [0, 0.1) is 5.82 Å². The van der Waals surface area contributed by atoms with E-state index in [0.717, 1.165) is 0 Å². The number of ether oxygens (including phenoxy) is 1. The van der Waals surface area contributed by atoms with Gasteiger partial charge in [0.25, 0.3) is 0 Å². The molecule has 0 fully saturated rings. The van der Waals surface area contributed by atoms with Gasteiger partial charge in [-0.1, -0.05) is 0 Å². The lowest BCUT2D eigenvalue weighted by atomic mass is 10.3. The molecule has 0 heterocycles. The highest BCUT2D eigenvalue weighted by Crippen LogP contribution is 2.35. The van der Waals surface area contributed by atoms with Gasteiger partial charge in [-0.15, -0.1) is 13.2 Å². The van der Waals surface area contributed by atoms with Gasteiger partial charge in [0.05, 0.1) is 4.47 Å². The van der Waals surface area contributed by atoms with Gasteiger partial charge < -0.3 is 9.84 Å². The third-order valence-corrected chi connectivity index (χ3v) is 1.84. The first kappa shape index (κ1) is 11.1. The first-order chi connectivity index (χ1) is 6.29. The van der Waals surface area contributed by atoms with E-state index in [0.29, 0.717) is 12.1 Å².